The van der Waals surface area contributed by atoms with E-state index in [0.717, 1.165) is 11.3 Å². The van der Waals surface area contributed by atoms with E-state index >= 15 is 0 Å². The molecule has 132 valence electrons. The number of fused-ring (bicyclic) bond motifs is 2. The van der Waals surface area contributed by atoms with Gasteiger partial charge in [-0.15, -0.1) is 0 Å². The lowest BCUT2D eigenvalue weighted by Gasteiger charge is -2.46. The summed E-state index contributed by atoms with van der Waals surface area (Å²) in [6, 6.07) is 19.8. The molecule has 0 aliphatic carbocycles. The van der Waals surface area contributed by atoms with E-state index in [0.29, 0.717) is 13.2 Å². The summed E-state index contributed by atoms with van der Waals surface area (Å²) in [5, 5.41) is 0. The molecule has 0 spiro atoms. The van der Waals surface area contributed by atoms with E-state index < -0.39 is 12.4 Å². The topological polar surface area (TPSA) is 46.2 Å². The van der Waals surface area contributed by atoms with Crippen LogP contribution in [0.1, 0.15) is 12.5 Å². The van der Waals surface area contributed by atoms with Gasteiger partial charge in [-0.05, 0) is 17.7 Å². The summed E-state index contributed by atoms with van der Waals surface area (Å²) >= 11 is 0. The summed E-state index contributed by atoms with van der Waals surface area (Å²) in [7, 11) is 0. The Bertz CT molecular complexity index is 662. The maximum atomic E-state index is 6.26. The Labute approximate surface area is 147 Å². The van der Waals surface area contributed by atoms with Gasteiger partial charge in [0.05, 0.1) is 12.7 Å². The van der Waals surface area contributed by atoms with Crippen molar-refractivity contribution in [2.24, 2.45) is 5.92 Å². The third kappa shape index (κ3) is 3.70. The molecule has 5 atom stereocenters. The van der Waals surface area contributed by atoms with Crippen molar-refractivity contribution in [1.29, 1.82) is 0 Å². The second-order valence-corrected chi connectivity index (χ2v) is 6.44. The van der Waals surface area contributed by atoms with Crippen LogP contribution in [0.5, 0.6) is 5.75 Å². The van der Waals surface area contributed by atoms with E-state index in [1.54, 1.807) is 0 Å². The first kappa shape index (κ1) is 16.5. The lowest BCUT2D eigenvalue weighted by molar-refractivity contribution is -0.469. The molecule has 2 bridgehead atoms. The molecular weight excluding hydrogens is 320 g/mol. The largest absolute Gasteiger partial charge is 0.482 e. The van der Waals surface area contributed by atoms with Crippen LogP contribution in [-0.4, -0.2) is 31.2 Å². The molecule has 2 fully saturated rings. The van der Waals surface area contributed by atoms with Crippen molar-refractivity contribution >= 4 is 0 Å². The quantitative estimate of drug-likeness (QED) is 0.780. The zero-order valence-corrected chi connectivity index (χ0v) is 14.1. The zero-order chi connectivity index (χ0) is 17.1. The van der Waals surface area contributed by atoms with E-state index in [1.165, 1.54) is 0 Å². The van der Waals surface area contributed by atoms with Crippen LogP contribution in [0.3, 0.4) is 0 Å². The maximum absolute atomic E-state index is 6.26. The average Bonchev–Trinajstić information content (AvgIpc) is 2.68. The van der Waals surface area contributed by atoms with Gasteiger partial charge in [0, 0.05) is 5.92 Å². The van der Waals surface area contributed by atoms with E-state index in [4.69, 9.17) is 24.0 Å². The molecular formula is C20H22O5. The van der Waals surface area contributed by atoms with Crippen molar-refractivity contribution in [2.45, 2.75) is 38.1 Å². The van der Waals surface area contributed by atoms with Crippen LogP contribution < -0.4 is 4.74 Å². The first-order valence-electron chi connectivity index (χ1n) is 8.62. The van der Waals surface area contributed by atoms with Crippen LogP contribution in [0.15, 0.2) is 60.7 Å². The van der Waals surface area contributed by atoms with Crippen molar-refractivity contribution in [3.63, 3.8) is 0 Å². The van der Waals surface area contributed by atoms with Crippen molar-refractivity contribution < 1.29 is 24.0 Å². The van der Waals surface area contributed by atoms with Crippen molar-refractivity contribution in [1.82, 2.24) is 0 Å². The van der Waals surface area contributed by atoms with Gasteiger partial charge < -0.3 is 14.2 Å². The van der Waals surface area contributed by atoms with E-state index in [2.05, 4.69) is 19.1 Å². The third-order valence-electron chi connectivity index (χ3n) is 4.70. The molecule has 0 N–H and O–H groups in total. The molecule has 2 aliphatic rings. The van der Waals surface area contributed by atoms with Gasteiger partial charge in [0.25, 0.3) is 0 Å². The highest BCUT2D eigenvalue weighted by atomic mass is 17.2. The molecule has 0 saturated carbocycles. The highest BCUT2D eigenvalue weighted by molar-refractivity contribution is 5.22. The molecule has 2 heterocycles. The van der Waals surface area contributed by atoms with Gasteiger partial charge in [-0.3, -0.25) is 0 Å². The second kappa shape index (κ2) is 7.54. The molecule has 0 radical (unpaired) electrons. The van der Waals surface area contributed by atoms with Crippen LogP contribution in [0, 0.1) is 5.92 Å². The molecule has 2 aromatic carbocycles. The van der Waals surface area contributed by atoms with Crippen molar-refractivity contribution in [3.8, 4) is 5.75 Å². The first-order chi connectivity index (χ1) is 12.3. The standard InChI is InChI=1S/C20H22O5/c1-14-17-13-22-25-20(24-17)19(23-16-10-6-3-7-11-16)18(14)21-12-15-8-4-2-5-9-15/h2-11,14,17-20H,12-13H2,1H3/t14-,17?,18?,19-,20?/m1/s1. The summed E-state index contributed by atoms with van der Waals surface area (Å²) < 4.78 is 18.4. The van der Waals surface area contributed by atoms with Gasteiger partial charge in [-0.25, -0.2) is 9.78 Å². The Morgan fingerprint density at radius 2 is 1.68 bits per heavy atom. The molecule has 4 rings (SSSR count). The minimum absolute atomic E-state index is 0.0600. The molecule has 2 saturated heterocycles. The summed E-state index contributed by atoms with van der Waals surface area (Å²) in [6.45, 7) is 3.03. The average molecular weight is 342 g/mol. The third-order valence-corrected chi connectivity index (χ3v) is 4.70. The fourth-order valence-corrected chi connectivity index (χ4v) is 3.27. The van der Waals surface area contributed by atoms with Gasteiger partial charge in [0.1, 0.15) is 18.5 Å². The Balaban J connectivity index is 1.53. The molecule has 2 aliphatic heterocycles. The number of hydrogen-bond donors (Lipinski definition) is 0. The Kier molecular flexibility index (Phi) is 4.99. The van der Waals surface area contributed by atoms with Gasteiger partial charge in [-0.2, -0.15) is 0 Å². The number of rotatable bonds is 5. The highest BCUT2D eigenvalue weighted by Crippen LogP contribution is 2.35. The number of benzene rings is 2. The van der Waals surface area contributed by atoms with Gasteiger partial charge in [0.15, 0.2) is 6.10 Å². The molecule has 5 nitrogen and oxygen atoms in total. The van der Waals surface area contributed by atoms with E-state index in [-0.39, 0.29) is 18.1 Å². The Hall–Kier alpha value is -1.92. The summed E-state index contributed by atoms with van der Waals surface area (Å²) in [6.07, 6.45) is -1.23. The number of para-hydroxylation sites is 1. The normalized spacial score (nSPS) is 31.5. The smallest absolute Gasteiger partial charge is 0.231 e. The number of ether oxygens (including phenoxy) is 3. The highest BCUT2D eigenvalue weighted by Gasteiger charge is 2.49. The molecule has 5 heteroatoms. The first-order valence-corrected chi connectivity index (χ1v) is 8.62. The van der Waals surface area contributed by atoms with Crippen LogP contribution in [0.25, 0.3) is 0 Å². The van der Waals surface area contributed by atoms with Gasteiger partial charge in [-0.1, -0.05) is 55.5 Å². The molecule has 0 amide bonds. The number of hydrogen-bond acceptors (Lipinski definition) is 5. The summed E-state index contributed by atoms with van der Waals surface area (Å²) in [5.74, 6) is 0.877. The molecule has 0 aromatic heterocycles. The van der Waals surface area contributed by atoms with Crippen molar-refractivity contribution in [2.75, 3.05) is 6.61 Å². The fourth-order valence-electron chi connectivity index (χ4n) is 3.27. The lowest BCUT2D eigenvalue weighted by atomic mass is 9.90. The van der Waals surface area contributed by atoms with E-state index in [1.807, 2.05) is 48.5 Å². The van der Waals surface area contributed by atoms with Crippen LogP contribution >= 0.6 is 0 Å². The SMILES string of the molecule is C[C@@H]1C2COOC(O2)[C@H](Oc2ccccc2)C1OCc1ccccc1. The van der Waals surface area contributed by atoms with Crippen LogP contribution in [0.2, 0.25) is 0 Å². The van der Waals surface area contributed by atoms with Gasteiger partial charge in [0.2, 0.25) is 6.29 Å². The van der Waals surface area contributed by atoms with Crippen molar-refractivity contribution in [3.05, 3.63) is 66.2 Å². The van der Waals surface area contributed by atoms with E-state index in [9.17, 15) is 0 Å². The molecule has 25 heavy (non-hydrogen) atoms. The zero-order valence-electron chi connectivity index (χ0n) is 14.1. The van der Waals surface area contributed by atoms with Crippen LogP contribution in [-0.2, 0) is 25.9 Å². The minimum Gasteiger partial charge on any atom is -0.482 e. The predicted molar refractivity (Wildman–Crippen MR) is 90.7 cm³/mol. The van der Waals surface area contributed by atoms with Gasteiger partial charge >= 0.3 is 0 Å². The monoisotopic (exact) mass is 342 g/mol. The summed E-state index contributed by atoms with van der Waals surface area (Å²) in [4.78, 5) is 10.6. The Morgan fingerprint density at radius 1 is 0.960 bits per heavy atom. The molecule has 2 aromatic rings. The second-order valence-electron chi connectivity index (χ2n) is 6.44. The Morgan fingerprint density at radius 3 is 2.44 bits per heavy atom. The maximum Gasteiger partial charge on any atom is 0.231 e. The molecule has 3 unspecified atom stereocenters. The minimum atomic E-state index is -0.601. The fraction of sp³-hybridized carbons (Fsp3) is 0.400. The summed E-state index contributed by atoms with van der Waals surface area (Å²) in [5.41, 5.74) is 1.13. The lowest BCUT2D eigenvalue weighted by Crippen LogP contribution is -2.61. The van der Waals surface area contributed by atoms with Crippen LogP contribution in [0.4, 0.5) is 0 Å². The predicted octanol–water partition coefficient (Wildman–Crippen LogP) is 3.34.